The first-order chi connectivity index (χ1) is 8.94. The van der Waals surface area contributed by atoms with Gasteiger partial charge in [0.1, 0.15) is 6.26 Å². The Morgan fingerprint density at radius 1 is 1.21 bits per heavy atom. The van der Waals surface area contributed by atoms with Crippen molar-refractivity contribution in [2.45, 2.75) is 39.0 Å². The molecule has 0 aliphatic heterocycles. The molecule has 0 radical (unpaired) electrons. The largest absolute Gasteiger partial charge is 0.444 e. The Morgan fingerprint density at radius 2 is 1.84 bits per heavy atom. The predicted octanol–water partition coefficient (Wildman–Crippen LogP) is 3.70. The molecule has 1 heterocycles. The normalized spacial score (nSPS) is 12.1. The number of nitrogens with two attached hydrogens (primary N) is 1. The van der Waals surface area contributed by atoms with Crippen LogP contribution in [0.2, 0.25) is 0 Å². The van der Waals surface area contributed by atoms with Gasteiger partial charge < -0.3 is 10.2 Å². The maximum absolute atomic E-state index is 5.76. The van der Waals surface area contributed by atoms with E-state index in [0.717, 1.165) is 11.3 Å². The first-order valence-electron chi connectivity index (χ1n) is 6.70. The highest BCUT2D eigenvalue weighted by Gasteiger charge is 2.23. The second-order valence-electron chi connectivity index (χ2n) is 5.90. The minimum absolute atomic E-state index is 0.153. The lowest BCUT2D eigenvalue weighted by Gasteiger charge is -2.18. The van der Waals surface area contributed by atoms with Crippen LogP contribution < -0.4 is 5.73 Å². The van der Waals surface area contributed by atoms with Crippen molar-refractivity contribution in [1.82, 2.24) is 4.98 Å². The quantitative estimate of drug-likeness (QED) is 0.909. The molecule has 1 aromatic heterocycles. The van der Waals surface area contributed by atoms with E-state index in [-0.39, 0.29) is 5.41 Å². The lowest BCUT2D eigenvalue weighted by atomic mass is 9.90. The van der Waals surface area contributed by atoms with Crippen molar-refractivity contribution in [3.05, 3.63) is 41.8 Å². The molecule has 0 saturated heterocycles. The molecule has 0 aliphatic rings. The van der Waals surface area contributed by atoms with Crippen molar-refractivity contribution in [1.29, 1.82) is 0 Å². The Labute approximate surface area is 114 Å². The molecule has 3 nitrogen and oxygen atoms in total. The molecular weight excluding hydrogens is 236 g/mol. The number of hydrogen-bond acceptors (Lipinski definition) is 3. The lowest BCUT2D eigenvalue weighted by molar-refractivity contribution is 0.512. The smallest absolute Gasteiger partial charge is 0.226 e. The summed E-state index contributed by atoms with van der Waals surface area (Å²) < 4.78 is 5.57. The molecule has 0 unspecified atom stereocenters. The number of rotatable bonds is 4. The van der Waals surface area contributed by atoms with E-state index in [2.05, 4.69) is 56.9 Å². The molecule has 0 bridgehead atoms. The molecule has 1 aromatic carbocycles. The molecule has 2 rings (SSSR count). The molecule has 3 heteroatoms. The zero-order valence-corrected chi connectivity index (χ0v) is 12.1. The Bertz CT molecular complexity index is 538. The van der Waals surface area contributed by atoms with Crippen LogP contribution >= 0.6 is 0 Å². The topological polar surface area (TPSA) is 52.0 Å². The number of aromatic nitrogens is 1. The minimum atomic E-state index is -0.153. The molecule has 0 amide bonds. The van der Waals surface area contributed by atoms with E-state index in [4.69, 9.17) is 10.2 Å². The van der Waals surface area contributed by atoms with Gasteiger partial charge in [-0.3, -0.25) is 0 Å². The summed E-state index contributed by atoms with van der Waals surface area (Å²) >= 11 is 0. The Hall–Kier alpha value is -1.61. The van der Waals surface area contributed by atoms with Gasteiger partial charge in [0.2, 0.25) is 5.89 Å². The van der Waals surface area contributed by atoms with Crippen LogP contribution in [0.5, 0.6) is 0 Å². The van der Waals surface area contributed by atoms with E-state index in [1.807, 2.05) is 0 Å². The van der Waals surface area contributed by atoms with Gasteiger partial charge in [-0.25, -0.2) is 4.98 Å². The van der Waals surface area contributed by atoms with Crippen LogP contribution in [0.3, 0.4) is 0 Å². The Kier molecular flexibility index (Phi) is 3.76. The molecule has 2 N–H and O–H groups in total. The molecule has 19 heavy (non-hydrogen) atoms. The molecular formula is C16H22N2O. The summed E-state index contributed by atoms with van der Waals surface area (Å²) in [5.41, 5.74) is 8.83. The Morgan fingerprint density at radius 3 is 2.37 bits per heavy atom. The van der Waals surface area contributed by atoms with Crippen LogP contribution in [-0.4, -0.2) is 11.5 Å². The fourth-order valence-corrected chi connectivity index (χ4v) is 1.83. The number of oxazole rings is 1. The van der Waals surface area contributed by atoms with Crippen molar-refractivity contribution < 1.29 is 4.42 Å². The maximum Gasteiger partial charge on any atom is 0.226 e. The van der Waals surface area contributed by atoms with Crippen LogP contribution in [0.1, 0.15) is 44.9 Å². The van der Waals surface area contributed by atoms with Crippen molar-refractivity contribution in [3.8, 4) is 11.5 Å². The van der Waals surface area contributed by atoms with Gasteiger partial charge in [0.25, 0.3) is 0 Å². The highest BCUT2D eigenvalue weighted by atomic mass is 16.3. The lowest BCUT2D eigenvalue weighted by Crippen LogP contribution is -2.28. The average Bonchev–Trinajstić information content (AvgIpc) is 2.89. The second kappa shape index (κ2) is 5.17. The van der Waals surface area contributed by atoms with E-state index in [0.29, 0.717) is 18.4 Å². The summed E-state index contributed by atoms with van der Waals surface area (Å²) in [5.74, 6) is 1.19. The highest BCUT2D eigenvalue weighted by molar-refractivity contribution is 5.54. The third-order valence-electron chi connectivity index (χ3n) is 3.53. The molecule has 102 valence electrons. The third kappa shape index (κ3) is 2.87. The van der Waals surface area contributed by atoms with E-state index in [9.17, 15) is 0 Å². The average molecular weight is 258 g/mol. The number of hydrogen-bond donors (Lipinski definition) is 1. The van der Waals surface area contributed by atoms with E-state index in [1.54, 1.807) is 6.26 Å². The molecule has 0 aliphatic carbocycles. The zero-order chi connectivity index (χ0) is 14.0. The highest BCUT2D eigenvalue weighted by Crippen LogP contribution is 2.26. The predicted molar refractivity (Wildman–Crippen MR) is 78.1 cm³/mol. The van der Waals surface area contributed by atoms with Crippen LogP contribution in [0, 0.1) is 0 Å². The Balaban J connectivity index is 2.28. The van der Waals surface area contributed by atoms with Gasteiger partial charge in [0.15, 0.2) is 0 Å². The molecule has 2 aromatic rings. The van der Waals surface area contributed by atoms with Gasteiger partial charge in [-0.2, -0.15) is 0 Å². The van der Waals surface area contributed by atoms with E-state index in [1.165, 1.54) is 5.56 Å². The third-order valence-corrected chi connectivity index (χ3v) is 3.53. The standard InChI is InChI=1S/C16H22N2O/c1-11(2)12-5-7-13(8-6-12)15-18-14(9-19-15)16(3,4)10-17/h5-9,11H,10,17H2,1-4H3. The maximum atomic E-state index is 5.76. The van der Waals surface area contributed by atoms with Gasteiger partial charge in [-0.15, -0.1) is 0 Å². The monoisotopic (exact) mass is 258 g/mol. The summed E-state index contributed by atoms with van der Waals surface area (Å²) in [5, 5.41) is 0. The molecule has 0 spiro atoms. The first-order valence-corrected chi connectivity index (χ1v) is 6.70. The van der Waals surface area contributed by atoms with Gasteiger partial charge in [-0.1, -0.05) is 39.8 Å². The number of benzene rings is 1. The van der Waals surface area contributed by atoms with Gasteiger partial charge in [0.05, 0.1) is 5.69 Å². The summed E-state index contributed by atoms with van der Waals surface area (Å²) in [6, 6.07) is 8.36. The first kappa shape index (κ1) is 13.8. The van der Waals surface area contributed by atoms with E-state index < -0.39 is 0 Å². The second-order valence-corrected chi connectivity index (χ2v) is 5.90. The zero-order valence-electron chi connectivity index (χ0n) is 12.1. The van der Waals surface area contributed by atoms with Crippen molar-refractivity contribution in [2.75, 3.05) is 6.54 Å². The van der Waals surface area contributed by atoms with Crippen LogP contribution in [0.15, 0.2) is 34.9 Å². The fraction of sp³-hybridized carbons (Fsp3) is 0.438. The fourth-order valence-electron chi connectivity index (χ4n) is 1.83. The van der Waals surface area contributed by atoms with Gasteiger partial charge in [-0.05, 0) is 23.6 Å². The van der Waals surface area contributed by atoms with Crippen LogP contribution in [0.25, 0.3) is 11.5 Å². The summed E-state index contributed by atoms with van der Waals surface area (Å²) in [4.78, 5) is 4.55. The van der Waals surface area contributed by atoms with E-state index >= 15 is 0 Å². The molecule has 0 atom stereocenters. The van der Waals surface area contributed by atoms with Gasteiger partial charge >= 0.3 is 0 Å². The summed E-state index contributed by atoms with van der Waals surface area (Å²) in [6.45, 7) is 9.04. The van der Waals surface area contributed by atoms with Crippen molar-refractivity contribution in [2.24, 2.45) is 5.73 Å². The summed E-state index contributed by atoms with van der Waals surface area (Å²) in [7, 11) is 0. The SMILES string of the molecule is CC(C)c1ccc(-c2nc(C(C)(C)CN)co2)cc1. The number of nitrogens with zero attached hydrogens (tertiary/aromatic N) is 1. The summed E-state index contributed by atoms with van der Waals surface area (Å²) in [6.07, 6.45) is 1.71. The van der Waals surface area contributed by atoms with Gasteiger partial charge in [0, 0.05) is 17.5 Å². The van der Waals surface area contributed by atoms with Crippen LogP contribution in [0.4, 0.5) is 0 Å². The molecule has 0 saturated carbocycles. The minimum Gasteiger partial charge on any atom is -0.444 e. The van der Waals surface area contributed by atoms with Crippen LogP contribution in [-0.2, 0) is 5.41 Å². The van der Waals surface area contributed by atoms with Crippen molar-refractivity contribution >= 4 is 0 Å². The molecule has 0 fully saturated rings. The van der Waals surface area contributed by atoms with Crippen molar-refractivity contribution in [3.63, 3.8) is 0 Å².